The molecule has 0 spiro atoms. The van der Waals surface area contributed by atoms with E-state index in [1.165, 1.54) is 5.56 Å². The highest BCUT2D eigenvalue weighted by molar-refractivity contribution is 7.07. The van der Waals surface area contributed by atoms with Gasteiger partial charge in [-0.2, -0.15) is 11.3 Å². The molecule has 2 nitrogen and oxygen atoms in total. The van der Waals surface area contributed by atoms with Crippen LogP contribution in [0.25, 0.3) is 0 Å². The molecule has 1 aliphatic carbocycles. The van der Waals surface area contributed by atoms with Gasteiger partial charge in [-0.05, 0) is 41.7 Å². The molecule has 1 fully saturated rings. The smallest absolute Gasteiger partial charge is 0.0611 e. The first-order chi connectivity index (χ1) is 6.77. The highest BCUT2D eigenvalue weighted by atomic mass is 32.1. The predicted octanol–water partition coefficient (Wildman–Crippen LogP) is 1.78. The van der Waals surface area contributed by atoms with Crippen LogP contribution in [0.1, 0.15) is 24.8 Å². The third-order valence-electron chi connectivity index (χ3n) is 3.40. The number of hydrogen-bond acceptors (Lipinski definition) is 3. The first-order valence-electron chi connectivity index (χ1n) is 5.16. The van der Waals surface area contributed by atoms with Gasteiger partial charge in [0.2, 0.25) is 0 Å². The first-order valence-corrected chi connectivity index (χ1v) is 6.10. The van der Waals surface area contributed by atoms with Gasteiger partial charge < -0.3 is 10.8 Å². The minimum Gasteiger partial charge on any atom is -0.392 e. The molecule has 3 N–H and O–H groups in total. The average molecular weight is 211 g/mol. The van der Waals surface area contributed by atoms with Gasteiger partial charge in [-0.15, -0.1) is 0 Å². The molecule has 3 heteroatoms. The van der Waals surface area contributed by atoms with E-state index in [9.17, 15) is 5.11 Å². The summed E-state index contributed by atoms with van der Waals surface area (Å²) in [5.41, 5.74) is 7.10. The molecule has 0 radical (unpaired) electrons. The van der Waals surface area contributed by atoms with E-state index in [0.717, 1.165) is 25.7 Å². The lowest BCUT2D eigenvalue weighted by Gasteiger charge is -2.31. The maximum atomic E-state index is 9.96. The van der Waals surface area contributed by atoms with Gasteiger partial charge in [0, 0.05) is 12.0 Å². The third-order valence-corrected chi connectivity index (χ3v) is 4.13. The van der Waals surface area contributed by atoms with Crippen LogP contribution in [-0.2, 0) is 6.42 Å². The molecule has 78 valence electrons. The molecule has 0 aromatic carbocycles. The standard InChI is InChI=1S/C11H17NOS/c12-8-11(4-1-2-10(11)13)6-9-3-5-14-7-9/h3,5,7,10,13H,1-2,4,6,8,12H2. The lowest BCUT2D eigenvalue weighted by atomic mass is 9.79. The molecule has 1 aromatic heterocycles. The van der Waals surface area contributed by atoms with Crippen LogP contribution in [0, 0.1) is 5.41 Å². The summed E-state index contributed by atoms with van der Waals surface area (Å²) in [4.78, 5) is 0. The molecular formula is C11H17NOS. The predicted molar refractivity (Wildman–Crippen MR) is 59.4 cm³/mol. The minimum absolute atomic E-state index is 0.0406. The van der Waals surface area contributed by atoms with Gasteiger partial charge >= 0.3 is 0 Å². The van der Waals surface area contributed by atoms with Gasteiger partial charge in [0.05, 0.1) is 6.10 Å². The lowest BCUT2D eigenvalue weighted by molar-refractivity contribution is 0.0589. The van der Waals surface area contributed by atoms with Crippen LogP contribution in [0.3, 0.4) is 0 Å². The molecule has 0 amide bonds. The van der Waals surface area contributed by atoms with Crippen molar-refractivity contribution in [2.24, 2.45) is 11.1 Å². The lowest BCUT2D eigenvalue weighted by Crippen LogP contribution is -2.39. The Balaban J connectivity index is 2.13. The molecule has 2 rings (SSSR count). The van der Waals surface area contributed by atoms with Crippen molar-refractivity contribution in [3.8, 4) is 0 Å². The maximum Gasteiger partial charge on any atom is 0.0611 e. The number of aliphatic hydroxyl groups excluding tert-OH is 1. The van der Waals surface area contributed by atoms with E-state index in [1.54, 1.807) is 11.3 Å². The summed E-state index contributed by atoms with van der Waals surface area (Å²) in [5.74, 6) is 0. The second kappa shape index (κ2) is 4.01. The minimum atomic E-state index is -0.201. The number of nitrogens with two attached hydrogens (primary N) is 1. The van der Waals surface area contributed by atoms with Crippen LogP contribution in [-0.4, -0.2) is 17.8 Å². The fourth-order valence-corrected chi connectivity index (χ4v) is 3.11. The summed E-state index contributed by atoms with van der Waals surface area (Å²) in [6.45, 7) is 0.601. The Morgan fingerprint density at radius 3 is 3.00 bits per heavy atom. The fraction of sp³-hybridized carbons (Fsp3) is 0.636. The van der Waals surface area contributed by atoms with Gasteiger partial charge in [-0.1, -0.05) is 6.42 Å². The zero-order valence-corrected chi connectivity index (χ0v) is 9.09. The van der Waals surface area contributed by atoms with Crippen LogP contribution >= 0.6 is 11.3 Å². The molecule has 1 aliphatic rings. The summed E-state index contributed by atoms with van der Waals surface area (Å²) in [5, 5.41) is 14.2. The van der Waals surface area contributed by atoms with E-state index in [2.05, 4.69) is 16.8 Å². The van der Waals surface area contributed by atoms with Gasteiger partial charge in [0.15, 0.2) is 0 Å². The molecule has 2 unspecified atom stereocenters. The number of rotatable bonds is 3. The zero-order valence-electron chi connectivity index (χ0n) is 8.28. The maximum absolute atomic E-state index is 9.96. The molecule has 1 saturated carbocycles. The molecule has 14 heavy (non-hydrogen) atoms. The summed E-state index contributed by atoms with van der Waals surface area (Å²) >= 11 is 1.71. The molecule has 0 bridgehead atoms. The topological polar surface area (TPSA) is 46.2 Å². The molecule has 1 heterocycles. The molecular weight excluding hydrogens is 194 g/mol. The Morgan fingerprint density at radius 2 is 2.50 bits per heavy atom. The van der Waals surface area contributed by atoms with Gasteiger partial charge in [0.1, 0.15) is 0 Å². The van der Waals surface area contributed by atoms with E-state index in [-0.39, 0.29) is 11.5 Å². The van der Waals surface area contributed by atoms with E-state index in [4.69, 9.17) is 5.73 Å². The first kappa shape index (κ1) is 10.1. The Kier molecular flexibility index (Phi) is 2.91. The summed E-state index contributed by atoms with van der Waals surface area (Å²) in [6.07, 6.45) is 3.84. The number of hydrogen-bond donors (Lipinski definition) is 2. The third kappa shape index (κ3) is 1.72. The summed E-state index contributed by atoms with van der Waals surface area (Å²) in [6, 6.07) is 2.13. The van der Waals surface area contributed by atoms with Gasteiger partial charge in [-0.3, -0.25) is 0 Å². The average Bonchev–Trinajstić information content (AvgIpc) is 2.79. The van der Waals surface area contributed by atoms with Crippen molar-refractivity contribution in [1.29, 1.82) is 0 Å². The van der Waals surface area contributed by atoms with Crippen LogP contribution in [0.2, 0.25) is 0 Å². The van der Waals surface area contributed by atoms with Crippen LogP contribution in [0.4, 0.5) is 0 Å². The zero-order chi connectivity index (χ0) is 10.0. The normalized spacial score (nSPS) is 32.3. The Morgan fingerprint density at radius 1 is 1.64 bits per heavy atom. The largest absolute Gasteiger partial charge is 0.392 e. The SMILES string of the molecule is NCC1(Cc2ccsc2)CCCC1O. The molecule has 2 atom stereocenters. The van der Waals surface area contributed by atoms with E-state index in [1.807, 2.05) is 0 Å². The second-order valence-electron chi connectivity index (χ2n) is 4.28. The van der Waals surface area contributed by atoms with Crippen molar-refractivity contribution < 1.29 is 5.11 Å². The van der Waals surface area contributed by atoms with E-state index < -0.39 is 0 Å². The van der Waals surface area contributed by atoms with E-state index in [0.29, 0.717) is 6.54 Å². The van der Waals surface area contributed by atoms with Crippen molar-refractivity contribution in [3.63, 3.8) is 0 Å². The highest BCUT2D eigenvalue weighted by Gasteiger charge is 2.40. The summed E-state index contributed by atoms with van der Waals surface area (Å²) < 4.78 is 0. The monoisotopic (exact) mass is 211 g/mol. The Bertz CT molecular complexity index is 285. The van der Waals surface area contributed by atoms with Crippen LogP contribution in [0.5, 0.6) is 0 Å². The van der Waals surface area contributed by atoms with Crippen LogP contribution in [0.15, 0.2) is 16.8 Å². The quantitative estimate of drug-likeness (QED) is 0.800. The fourth-order valence-electron chi connectivity index (χ4n) is 2.44. The Hall–Kier alpha value is -0.380. The van der Waals surface area contributed by atoms with Crippen molar-refractivity contribution in [1.82, 2.24) is 0 Å². The van der Waals surface area contributed by atoms with Crippen molar-refractivity contribution >= 4 is 11.3 Å². The number of aliphatic hydroxyl groups is 1. The van der Waals surface area contributed by atoms with Crippen molar-refractivity contribution in [2.75, 3.05) is 6.54 Å². The summed E-state index contributed by atoms with van der Waals surface area (Å²) in [7, 11) is 0. The van der Waals surface area contributed by atoms with Crippen molar-refractivity contribution in [3.05, 3.63) is 22.4 Å². The molecule has 0 saturated heterocycles. The van der Waals surface area contributed by atoms with Crippen molar-refractivity contribution in [2.45, 2.75) is 31.8 Å². The molecule has 1 aromatic rings. The highest BCUT2D eigenvalue weighted by Crippen LogP contribution is 2.40. The molecule has 0 aliphatic heterocycles. The second-order valence-corrected chi connectivity index (χ2v) is 5.06. The van der Waals surface area contributed by atoms with Crippen LogP contribution < -0.4 is 5.73 Å². The number of thiophene rings is 1. The Labute approximate surface area is 88.8 Å². The van der Waals surface area contributed by atoms with Gasteiger partial charge in [0.25, 0.3) is 0 Å². The van der Waals surface area contributed by atoms with Gasteiger partial charge in [-0.25, -0.2) is 0 Å². The van der Waals surface area contributed by atoms with E-state index >= 15 is 0 Å².